The maximum atomic E-state index is 13.1. The van der Waals surface area contributed by atoms with Crippen molar-refractivity contribution < 1.29 is 12.8 Å². The molecule has 11 heteroatoms. The molecule has 1 aromatic carbocycles. The predicted molar refractivity (Wildman–Crippen MR) is 113 cm³/mol. The molecule has 0 spiro atoms. The van der Waals surface area contributed by atoms with E-state index in [1.807, 2.05) is 37.4 Å². The summed E-state index contributed by atoms with van der Waals surface area (Å²) in [5.74, 6) is 0.655. The number of aromatic nitrogens is 4. The van der Waals surface area contributed by atoms with Crippen LogP contribution in [0.15, 0.2) is 51.1 Å². The Hall–Kier alpha value is -2.53. The van der Waals surface area contributed by atoms with Crippen molar-refractivity contribution in [3.05, 3.63) is 58.1 Å². The molecule has 0 N–H and O–H groups in total. The molecule has 0 bridgehead atoms. The van der Waals surface area contributed by atoms with Crippen LogP contribution in [0.5, 0.6) is 0 Å². The largest absolute Gasteiger partial charge is 0.415 e. The van der Waals surface area contributed by atoms with Gasteiger partial charge in [0.05, 0.1) is 4.34 Å². The summed E-state index contributed by atoms with van der Waals surface area (Å²) < 4.78 is 35.8. The second-order valence-corrected chi connectivity index (χ2v) is 10.7. The second-order valence-electron chi connectivity index (χ2n) is 6.82. The molecule has 0 fully saturated rings. The van der Waals surface area contributed by atoms with Crippen molar-refractivity contribution in [3.63, 3.8) is 0 Å². The number of hydrogen-bond donors (Lipinski definition) is 0. The molecule has 0 atom stereocenters. The van der Waals surface area contributed by atoms with Crippen LogP contribution in [0.2, 0.25) is 4.34 Å². The van der Waals surface area contributed by atoms with E-state index in [9.17, 15) is 8.42 Å². The van der Waals surface area contributed by atoms with Gasteiger partial charge in [0, 0.05) is 43.4 Å². The average molecular weight is 462 g/mol. The van der Waals surface area contributed by atoms with Crippen molar-refractivity contribution in [1.29, 1.82) is 0 Å². The molecule has 1 aliphatic rings. The van der Waals surface area contributed by atoms with E-state index < -0.39 is 10.0 Å². The third kappa shape index (κ3) is 3.25. The number of rotatable bonds is 4. The third-order valence-electron chi connectivity index (χ3n) is 5.00. The monoisotopic (exact) mass is 461 g/mol. The summed E-state index contributed by atoms with van der Waals surface area (Å²) in [5.41, 5.74) is 3.05. The van der Waals surface area contributed by atoms with Gasteiger partial charge in [-0.05, 0) is 24.3 Å². The number of benzene rings is 1. The van der Waals surface area contributed by atoms with Crippen molar-refractivity contribution in [1.82, 2.24) is 24.3 Å². The van der Waals surface area contributed by atoms with Crippen LogP contribution in [-0.4, -0.2) is 39.2 Å². The number of hydrogen-bond acceptors (Lipinski definition) is 7. The maximum Gasteiger partial charge on any atom is 0.268 e. The molecule has 4 heterocycles. The van der Waals surface area contributed by atoms with Crippen LogP contribution in [-0.2, 0) is 30.0 Å². The molecule has 5 rings (SSSR count). The van der Waals surface area contributed by atoms with E-state index in [4.69, 9.17) is 16.0 Å². The number of sulfonamides is 1. The van der Waals surface area contributed by atoms with Crippen LogP contribution in [0.25, 0.3) is 23.0 Å². The Balaban J connectivity index is 1.51. The first kappa shape index (κ1) is 19.4. The maximum absolute atomic E-state index is 13.1. The van der Waals surface area contributed by atoms with E-state index in [-0.39, 0.29) is 16.6 Å². The van der Waals surface area contributed by atoms with Crippen molar-refractivity contribution in [3.8, 4) is 23.0 Å². The molecule has 0 radical (unpaired) electrons. The van der Waals surface area contributed by atoms with Crippen LogP contribution in [0.1, 0.15) is 11.3 Å². The summed E-state index contributed by atoms with van der Waals surface area (Å²) in [4.78, 5) is 0. The van der Waals surface area contributed by atoms with Crippen LogP contribution >= 0.6 is 22.9 Å². The van der Waals surface area contributed by atoms with E-state index >= 15 is 0 Å². The summed E-state index contributed by atoms with van der Waals surface area (Å²) in [6, 6.07) is 12.6. The standard InChI is InChI=1S/C19H16ClN5O3S2/c1-24-14-9-10-25(30(26,27)16-8-7-15(20)29-16)11-13(14)17(23-24)19-22-21-18(28-19)12-5-3-2-4-6-12/h2-8H,9-11H2,1H3. The van der Waals surface area contributed by atoms with Gasteiger partial charge in [-0.1, -0.05) is 29.8 Å². The fourth-order valence-corrected chi connectivity index (χ4v) is 6.57. The van der Waals surface area contributed by atoms with Gasteiger partial charge in [0.25, 0.3) is 15.9 Å². The lowest BCUT2D eigenvalue weighted by Crippen LogP contribution is -2.36. The highest BCUT2D eigenvalue weighted by Crippen LogP contribution is 2.34. The molecular formula is C19H16ClN5O3S2. The van der Waals surface area contributed by atoms with E-state index in [0.29, 0.717) is 28.9 Å². The van der Waals surface area contributed by atoms with Gasteiger partial charge in [0.15, 0.2) is 5.69 Å². The molecule has 30 heavy (non-hydrogen) atoms. The lowest BCUT2D eigenvalue weighted by atomic mass is 10.1. The van der Waals surface area contributed by atoms with Crippen LogP contribution in [0.3, 0.4) is 0 Å². The van der Waals surface area contributed by atoms with Gasteiger partial charge in [-0.3, -0.25) is 4.68 Å². The van der Waals surface area contributed by atoms with Gasteiger partial charge in [-0.15, -0.1) is 21.5 Å². The van der Waals surface area contributed by atoms with Crippen LogP contribution < -0.4 is 0 Å². The molecule has 0 saturated heterocycles. The van der Waals surface area contributed by atoms with Gasteiger partial charge in [-0.2, -0.15) is 9.40 Å². The summed E-state index contributed by atoms with van der Waals surface area (Å²) in [5, 5.41) is 12.8. The molecule has 0 unspecified atom stereocenters. The SMILES string of the molecule is Cn1nc(-c2nnc(-c3ccccc3)o2)c2c1CCN(S(=O)(=O)c1ccc(Cl)s1)C2. The summed E-state index contributed by atoms with van der Waals surface area (Å²) in [6.07, 6.45) is 0.539. The van der Waals surface area contributed by atoms with Crippen molar-refractivity contribution >= 4 is 33.0 Å². The number of halogens is 1. The number of nitrogens with zero attached hydrogens (tertiary/aromatic N) is 5. The van der Waals surface area contributed by atoms with E-state index in [2.05, 4.69) is 15.3 Å². The highest BCUT2D eigenvalue weighted by molar-refractivity contribution is 7.91. The Labute approximate surface area is 181 Å². The number of fused-ring (bicyclic) bond motifs is 1. The summed E-state index contributed by atoms with van der Waals surface area (Å²) >= 11 is 6.99. The molecule has 4 aromatic rings. The Morgan fingerprint density at radius 2 is 1.87 bits per heavy atom. The normalized spacial score (nSPS) is 14.7. The van der Waals surface area contributed by atoms with Gasteiger partial charge in [0.1, 0.15) is 4.21 Å². The van der Waals surface area contributed by atoms with Crippen LogP contribution in [0, 0.1) is 0 Å². The Morgan fingerprint density at radius 1 is 1.10 bits per heavy atom. The first-order chi connectivity index (χ1) is 14.4. The zero-order valence-electron chi connectivity index (χ0n) is 15.8. The smallest absolute Gasteiger partial charge is 0.268 e. The fraction of sp³-hybridized carbons (Fsp3) is 0.211. The van der Waals surface area contributed by atoms with Gasteiger partial charge >= 0.3 is 0 Å². The zero-order chi connectivity index (χ0) is 20.9. The molecule has 0 aliphatic carbocycles. The van der Waals surface area contributed by atoms with Crippen LogP contribution in [0.4, 0.5) is 0 Å². The molecule has 0 saturated carbocycles. The highest BCUT2D eigenvalue weighted by Gasteiger charge is 2.34. The first-order valence-electron chi connectivity index (χ1n) is 9.13. The fourth-order valence-electron chi connectivity index (χ4n) is 3.52. The van der Waals surface area contributed by atoms with Gasteiger partial charge in [0.2, 0.25) is 5.89 Å². The molecule has 1 aliphatic heterocycles. The topological polar surface area (TPSA) is 94.1 Å². The second kappa shape index (κ2) is 7.31. The highest BCUT2D eigenvalue weighted by atomic mass is 35.5. The lowest BCUT2D eigenvalue weighted by Gasteiger charge is -2.26. The molecule has 154 valence electrons. The van der Waals surface area contributed by atoms with Gasteiger partial charge in [-0.25, -0.2) is 8.42 Å². The average Bonchev–Trinajstić information content (AvgIpc) is 3.48. The summed E-state index contributed by atoms with van der Waals surface area (Å²) in [6.45, 7) is 0.544. The summed E-state index contributed by atoms with van der Waals surface area (Å²) in [7, 11) is -1.81. The van der Waals surface area contributed by atoms with E-state index in [1.54, 1.807) is 10.7 Å². The van der Waals surface area contributed by atoms with Gasteiger partial charge < -0.3 is 4.42 Å². The third-order valence-corrected chi connectivity index (χ3v) is 8.54. The predicted octanol–water partition coefficient (Wildman–Crippen LogP) is 3.60. The minimum atomic E-state index is -3.65. The Bertz CT molecular complexity index is 1330. The van der Waals surface area contributed by atoms with Crippen molar-refractivity contribution in [2.24, 2.45) is 7.05 Å². The molecule has 0 amide bonds. The Kier molecular flexibility index (Phi) is 4.73. The van der Waals surface area contributed by atoms with Crippen molar-refractivity contribution in [2.75, 3.05) is 6.54 Å². The molecular weight excluding hydrogens is 446 g/mol. The first-order valence-corrected chi connectivity index (χ1v) is 11.8. The number of thiophene rings is 1. The van der Waals surface area contributed by atoms with E-state index in [1.165, 1.54) is 10.4 Å². The van der Waals surface area contributed by atoms with Crippen molar-refractivity contribution in [2.45, 2.75) is 17.2 Å². The Morgan fingerprint density at radius 3 is 2.60 bits per heavy atom. The molecule has 8 nitrogen and oxygen atoms in total. The minimum Gasteiger partial charge on any atom is -0.415 e. The zero-order valence-corrected chi connectivity index (χ0v) is 18.2. The lowest BCUT2D eigenvalue weighted by molar-refractivity contribution is 0.387. The number of aryl methyl sites for hydroxylation is 1. The minimum absolute atomic E-state index is 0.180. The van der Waals surface area contributed by atoms with E-state index in [0.717, 1.165) is 28.2 Å². The quantitative estimate of drug-likeness (QED) is 0.461. The molecule has 3 aromatic heterocycles.